The Morgan fingerprint density at radius 1 is 1.33 bits per heavy atom. The van der Waals surface area contributed by atoms with Gasteiger partial charge in [0.15, 0.2) is 0 Å². The fraction of sp³-hybridized carbons (Fsp3) is 0.571. The van der Waals surface area contributed by atoms with Crippen LogP contribution in [-0.2, 0) is 4.79 Å². The molecule has 2 N–H and O–H groups in total. The van der Waals surface area contributed by atoms with Gasteiger partial charge in [0.1, 0.15) is 0 Å². The van der Waals surface area contributed by atoms with Crippen LogP contribution in [0.25, 0.3) is 10.9 Å². The molecule has 1 saturated heterocycles. The molecular weight excluding hydrogens is 340 g/mol. The van der Waals surface area contributed by atoms with Crippen LogP contribution in [0.3, 0.4) is 0 Å². The third kappa shape index (κ3) is 4.56. The molecular formula is C21H30N4O2. The summed E-state index contributed by atoms with van der Waals surface area (Å²) in [6.45, 7) is 9.96. The molecule has 1 amide bonds. The fourth-order valence-electron chi connectivity index (χ4n) is 3.42. The van der Waals surface area contributed by atoms with Gasteiger partial charge in [0, 0.05) is 37.0 Å². The molecule has 1 aromatic carbocycles. The Morgan fingerprint density at radius 2 is 2.11 bits per heavy atom. The van der Waals surface area contributed by atoms with Crippen molar-refractivity contribution < 1.29 is 9.90 Å². The molecule has 2 heterocycles. The number of aryl methyl sites for hydroxylation is 2. The van der Waals surface area contributed by atoms with Crippen LogP contribution >= 0.6 is 0 Å². The number of aliphatic hydroxyl groups is 1. The van der Waals surface area contributed by atoms with Crippen LogP contribution in [0, 0.1) is 25.2 Å². The van der Waals surface area contributed by atoms with Crippen LogP contribution < -0.4 is 10.2 Å². The van der Waals surface area contributed by atoms with Crippen molar-refractivity contribution in [1.29, 1.82) is 0 Å². The topological polar surface area (TPSA) is 78.4 Å². The van der Waals surface area contributed by atoms with E-state index in [0.29, 0.717) is 19.0 Å². The standard InChI is InChI=1S/C21H30N4O2/c1-14-7-8-17-15(2)23-20(24-18(17)10-14)25-9-5-6-16(11-25)19(27)22-12-21(3,4)13-26/h7-8,10,16,26H,5-6,9,11-13H2,1-4H3,(H,22,27). The van der Waals surface area contributed by atoms with E-state index in [1.807, 2.05) is 20.8 Å². The maximum atomic E-state index is 12.6. The number of hydrogen-bond donors (Lipinski definition) is 2. The van der Waals surface area contributed by atoms with Crippen LogP contribution in [0.2, 0.25) is 0 Å². The van der Waals surface area contributed by atoms with Gasteiger partial charge >= 0.3 is 0 Å². The zero-order chi connectivity index (χ0) is 19.6. The monoisotopic (exact) mass is 370 g/mol. The smallest absolute Gasteiger partial charge is 0.226 e. The number of rotatable bonds is 5. The van der Waals surface area contributed by atoms with Gasteiger partial charge in [0.05, 0.1) is 17.1 Å². The Labute approximate surface area is 161 Å². The second-order valence-corrected chi connectivity index (χ2v) is 8.45. The summed E-state index contributed by atoms with van der Waals surface area (Å²) in [5.74, 6) is 0.679. The first-order chi connectivity index (χ1) is 12.8. The van der Waals surface area contributed by atoms with Gasteiger partial charge < -0.3 is 15.3 Å². The number of aliphatic hydroxyl groups excluding tert-OH is 1. The van der Waals surface area contributed by atoms with Crippen LogP contribution in [0.1, 0.15) is 37.9 Å². The maximum absolute atomic E-state index is 12.6. The molecule has 27 heavy (non-hydrogen) atoms. The Hall–Kier alpha value is -2.21. The minimum Gasteiger partial charge on any atom is -0.396 e. The van der Waals surface area contributed by atoms with Crippen molar-refractivity contribution in [1.82, 2.24) is 15.3 Å². The normalized spacial score (nSPS) is 18.0. The van der Waals surface area contributed by atoms with E-state index in [1.54, 1.807) is 0 Å². The molecule has 0 aliphatic carbocycles. The maximum Gasteiger partial charge on any atom is 0.226 e. The van der Waals surface area contributed by atoms with Crippen LogP contribution in [0.5, 0.6) is 0 Å². The Bertz CT molecular complexity index is 834. The summed E-state index contributed by atoms with van der Waals surface area (Å²) < 4.78 is 0. The number of amides is 1. The molecule has 1 fully saturated rings. The second kappa shape index (κ2) is 7.80. The molecule has 0 saturated carbocycles. The van der Waals surface area contributed by atoms with Crippen molar-refractivity contribution in [3.05, 3.63) is 29.5 Å². The van der Waals surface area contributed by atoms with E-state index in [0.717, 1.165) is 36.0 Å². The summed E-state index contributed by atoms with van der Waals surface area (Å²) in [5, 5.41) is 13.4. The van der Waals surface area contributed by atoms with Crippen molar-refractivity contribution in [3.8, 4) is 0 Å². The van der Waals surface area contributed by atoms with Crippen LogP contribution in [0.15, 0.2) is 18.2 Å². The predicted octanol–water partition coefficient (Wildman–Crippen LogP) is 2.60. The minimum atomic E-state index is -0.305. The first-order valence-corrected chi connectivity index (χ1v) is 9.67. The lowest BCUT2D eigenvalue weighted by Gasteiger charge is -2.33. The van der Waals surface area contributed by atoms with Crippen LogP contribution in [0.4, 0.5) is 5.95 Å². The number of anilines is 1. The highest BCUT2D eigenvalue weighted by molar-refractivity contribution is 5.83. The summed E-state index contributed by atoms with van der Waals surface area (Å²) in [6, 6.07) is 6.23. The average molecular weight is 370 g/mol. The van der Waals surface area contributed by atoms with Gasteiger partial charge in [-0.05, 0) is 38.3 Å². The first kappa shape index (κ1) is 19.5. The molecule has 1 unspecified atom stereocenters. The number of nitrogens with zero attached hydrogens (tertiary/aromatic N) is 3. The average Bonchev–Trinajstić information content (AvgIpc) is 2.66. The van der Waals surface area contributed by atoms with Gasteiger partial charge in [-0.3, -0.25) is 4.79 Å². The third-order valence-corrected chi connectivity index (χ3v) is 5.28. The molecule has 6 nitrogen and oxygen atoms in total. The molecule has 1 aliphatic heterocycles. The SMILES string of the molecule is Cc1ccc2c(C)nc(N3CCCC(C(=O)NCC(C)(C)CO)C3)nc2c1. The quantitative estimate of drug-likeness (QED) is 0.846. The predicted molar refractivity (Wildman–Crippen MR) is 108 cm³/mol. The van der Waals surface area contributed by atoms with Crippen molar-refractivity contribution in [3.63, 3.8) is 0 Å². The summed E-state index contributed by atoms with van der Waals surface area (Å²) >= 11 is 0. The van der Waals surface area contributed by atoms with Crippen molar-refractivity contribution in [2.24, 2.45) is 11.3 Å². The van der Waals surface area contributed by atoms with E-state index in [9.17, 15) is 9.90 Å². The molecule has 1 aromatic heterocycles. The summed E-state index contributed by atoms with van der Waals surface area (Å²) in [5.41, 5.74) is 2.79. The number of nitrogens with one attached hydrogen (secondary N) is 1. The van der Waals surface area contributed by atoms with Crippen molar-refractivity contribution in [2.75, 3.05) is 31.1 Å². The number of hydrogen-bond acceptors (Lipinski definition) is 5. The molecule has 2 aromatic rings. The lowest BCUT2D eigenvalue weighted by atomic mass is 9.93. The molecule has 0 bridgehead atoms. The van der Waals surface area contributed by atoms with Gasteiger partial charge in [-0.25, -0.2) is 9.97 Å². The lowest BCUT2D eigenvalue weighted by molar-refractivity contribution is -0.125. The van der Waals surface area contributed by atoms with Gasteiger partial charge in [-0.15, -0.1) is 0 Å². The number of aromatic nitrogens is 2. The molecule has 6 heteroatoms. The minimum absolute atomic E-state index is 0.0493. The zero-order valence-corrected chi connectivity index (χ0v) is 16.7. The largest absolute Gasteiger partial charge is 0.396 e. The van der Waals surface area contributed by atoms with E-state index in [2.05, 4.69) is 35.3 Å². The Morgan fingerprint density at radius 3 is 2.85 bits per heavy atom. The summed E-state index contributed by atoms with van der Waals surface area (Å²) in [7, 11) is 0. The molecule has 1 atom stereocenters. The van der Waals surface area contributed by atoms with Gasteiger partial charge in [-0.1, -0.05) is 26.0 Å². The van der Waals surface area contributed by atoms with Crippen LogP contribution in [-0.4, -0.2) is 47.2 Å². The van der Waals surface area contributed by atoms with Crippen molar-refractivity contribution >= 4 is 22.8 Å². The molecule has 0 radical (unpaired) electrons. The molecule has 146 valence electrons. The van der Waals surface area contributed by atoms with Gasteiger partial charge in [-0.2, -0.15) is 0 Å². The summed E-state index contributed by atoms with van der Waals surface area (Å²) in [6.07, 6.45) is 1.81. The van der Waals surface area contributed by atoms with Gasteiger partial charge in [0.25, 0.3) is 0 Å². The number of fused-ring (bicyclic) bond motifs is 1. The molecule has 3 rings (SSSR count). The van der Waals surface area contributed by atoms with E-state index >= 15 is 0 Å². The highest BCUT2D eigenvalue weighted by Crippen LogP contribution is 2.25. The number of carbonyl (C=O) groups is 1. The molecule has 1 aliphatic rings. The van der Waals surface area contributed by atoms with E-state index < -0.39 is 0 Å². The second-order valence-electron chi connectivity index (χ2n) is 8.45. The lowest BCUT2D eigenvalue weighted by Crippen LogP contribution is -2.46. The van der Waals surface area contributed by atoms with Gasteiger partial charge in [0.2, 0.25) is 11.9 Å². The van der Waals surface area contributed by atoms with E-state index in [1.165, 1.54) is 5.56 Å². The highest BCUT2D eigenvalue weighted by Gasteiger charge is 2.28. The van der Waals surface area contributed by atoms with E-state index in [-0.39, 0.29) is 23.8 Å². The summed E-state index contributed by atoms with van der Waals surface area (Å²) in [4.78, 5) is 24.2. The third-order valence-electron chi connectivity index (χ3n) is 5.28. The molecule has 0 spiro atoms. The first-order valence-electron chi connectivity index (χ1n) is 9.67. The number of benzene rings is 1. The Kier molecular flexibility index (Phi) is 5.65. The van der Waals surface area contributed by atoms with Crippen molar-refractivity contribution in [2.45, 2.75) is 40.5 Å². The highest BCUT2D eigenvalue weighted by atomic mass is 16.3. The zero-order valence-electron chi connectivity index (χ0n) is 16.7. The number of piperidine rings is 1. The van der Waals surface area contributed by atoms with E-state index in [4.69, 9.17) is 9.97 Å². The Balaban J connectivity index is 1.74. The fourth-order valence-corrected chi connectivity index (χ4v) is 3.42. The number of carbonyl (C=O) groups excluding carboxylic acids is 1.